The van der Waals surface area contributed by atoms with Crippen molar-refractivity contribution in [3.8, 4) is 0 Å². The number of ketones is 2. The second kappa shape index (κ2) is 7.16. The van der Waals surface area contributed by atoms with Gasteiger partial charge in [-0.05, 0) is 11.1 Å². The number of carbonyl (C=O) groups excluding carboxylic acids is 2. The molecule has 0 saturated heterocycles. The average Bonchev–Trinajstić information content (AvgIpc) is 2.63. The molecule has 0 radical (unpaired) electrons. The predicted molar refractivity (Wildman–Crippen MR) is 96.1 cm³/mol. The highest BCUT2D eigenvalue weighted by molar-refractivity contribution is 6.59. The van der Waals surface area contributed by atoms with Crippen LogP contribution in [0.4, 0.5) is 0 Å². The number of hydrogen-bond donors (Lipinski definition) is 0. The van der Waals surface area contributed by atoms with Crippen LogP contribution >= 0.6 is 23.2 Å². The van der Waals surface area contributed by atoms with Crippen molar-refractivity contribution in [2.75, 3.05) is 0 Å². The standard InChI is InChI=1S/C20H14Cl2O2/c21-17-18(22)20(24)16(12-14-9-5-2-6-10-14)15(19(17)23)11-13-7-3-1-4-8-13/h1-10H,11-12H2. The first-order chi connectivity index (χ1) is 11.6. The lowest BCUT2D eigenvalue weighted by atomic mass is 9.86. The van der Waals surface area contributed by atoms with Crippen molar-refractivity contribution in [1.82, 2.24) is 0 Å². The maximum atomic E-state index is 12.6. The molecule has 0 atom stereocenters. The fourth-order valence-corrected chi connectivity index (χ4v) is 3.11. The zero-order chi connectivity index (χ0) is 17.1. The molecule has 0 amide bonds. The van der Waals surface area contributed by atoms with Crippen LogP contribution in [0.25, 0.3) is 0 Å². The number of hydrogen-bond acceptors (Lipinski definition) is 2. The Labute approximate surface area is 150 Å². The molecule has 4 heteroatoms. The summed E-state index contributed by atoms with van der Waals surface area (Å²) in [5, 5.41) is -0.381. The van der Waals surface area contributed by atoms with Gasteiger partial charge < -0.3 is 0 Å². The van der Waals surface area contributed by atoms with Crippen LogP contribution < -0.4 is 0 Å². The topological polar surface area (TPSA) is 34.1 Å². The molecule has 0 fully saturated rings. The summed E-state index contributed by atoms with van der Waals surface area (Å²) in [6.45, 7) is 0. The first-order valence-electron chi connectivity index (χ1n) is 7.52. The van der Waals surface area contributed by atoms with Gasteiger partial charge in [0.25, 0.3) is 0 Å². The summed E-state index contributed by atoms with van der Waals surface area (Å²) < 4.78 is 0. The van der Waals surface area contributed by atoms with E-state index < -0.39 is 0 Å². The van der Waals surface area contributed by atoms with Gasteiger partial charge in [0.05, 0.1) is 0 Å². The van der Waals surface area contributed by atoms with Gasteiger partial charge in [-0.25, -0.2) is 0 Å². The van der Waals surface area contributed by atoms with Crippen LogP contribution in [0.3, 0.4) is 0 Å². The summed E-state index contributed by atoms with van der Waals surface area (Å²) in [6.07, 6.45) is 0.710. The van der Waals surface area contributed by atoms with Crippen molar-refractivity contribution in [2.24, 2.45) is 0 Å². The van der Waals surface area contributed by atoms with E-state index in [9.17, 15) is 9.59 Å². The number of allylic oxidation sites excluding steroid dienone is 4. The lowest BCUT2D eigenvalue weighted by Gasteiger charge is -2.19. The molecule has 2 aromatic rings. The fourth-order valence-electron chi connectivity index (χ4n) is 2.71. The Morgan fingerprint density at radius 3 is 1.25 bits per heavy atom. The van der Waals surface area contributed by atoms with Crippen LogP contribution in [-0.4, -0.2) is 11.6 Å². The Kier molecular flexibility index (Phi) is 4.98. The molecule has 0 N–H and O–H groups in total. The molecule has 0 unspecified atom stereocenters. The molecule has 0 spiro atoms. The molecular formula is C20H14Cl2O2. The largest absolute Gasteiger partial charge is 0.288 e. The Bertz CT molecular complexity index is 778. The molecule has 0 aliphatic heterocycles. The third-order valence-corrected chi connectivity index (χ3v) is 4.77. The van der Waals surface area contributed by atoms with Gasteiger partial charge in [-0.3, -0.25) is 9.59 Å². The van der Waals surface area contributed by atoms with Gasteiger partial charge >= 0.3 is 0 Å². The van der Waals surface area contributed by atoms with E-state index >= 15 is 0 Å². The van der Waals surface area contributed by atoms with Crippen molar-refractivity contribution in [2.45, 2.75) is 12.8 Å². The molecule has 2 nitrogen and oxygen atoms in total. The Balaban J connectivity index is 2.04. The van der Waals surface area contributed by atoms with Gasteiger partial charge in [0.2, 0.25) is 11.6 Å². The molecule has 120 valence electrons. The van der Waals surface area contributed by atoms with Crippen molar-refractivity contribution in [1.29, 1.82) is 0 Å². The number of benzene rings is 2. The van der Waals surface area contributed by atoms with Crippen molar-refractivity contribution in [3.63, 3.8) is 0 Å². The summed E-state index contributed by atoms with van der Waals surface area (Å²) >= 11 is 12.0. The van der Waals surface area contributed by atoms with Crippen LogP contribution in [0.2, 0.25) is 0 Å². The number of halogens is 2. The Morgan fingerprint density at radius 1 is 0.583 bits per heavy atom. The van der Waals surface area contributed by atoms with Crippen molar-refractivity contribution >= 4 is 34.8 Å². The number of rotatable bonds is 4. The van der Waals surface area contributed by atoms with Gasteiger partial charge in [-0.1, -0.05) is 83.9 Å². The maximum Gasteiger partial charge on any atom is 0.202 e. The van der Waals surface area contributed by atoms with E-state index in [0.717, 1.165) is 11.1 Å². The normalized spacial score (nSPS) is 15.2. The van der Waals surface area contributed by atoms with E-state index in [1.54, 1.807) is 0 Å². The summed E-state index contributed by atoms with van der Waals surface area (Å²) in [7, 11) is 0. The first kappa shape index (κ1) is 16.7. The Hall–Kier alpha value is -2.16. The van der Waals surface area contributed by atoms with E-state index in [-0.39, 0.29) is 21.6 Å². The predicted octanol–water partition coefficient (Wildman–Crippen LogP) is 4.61. The van der Waals surface area contributed by atoms with Crippen molar-refractivity contribution in [3.05, 3.63) is 93.0 Å². The van der Waals surface area contributed by atoms with E-state index in [1.807, 2.05) is 60.7 Å². The molecule has 1 aliphatic rings. The Morgan fingerprint density at radius 2 is 0.917 bits per heavy atom. The van der Waals surface area contributed by atoms with Gasteiger partial charge in [-0.2, -0.15) is 0 Å². The van der Waals surface area contributed by atoms with Crippen LogP contribution in [0, 0.1) is 0 Å². The minimum absolute atomic E-state index is 0.190. The number of carbonyl (C=O) groups is 2. The van der Waals surface area contributed by atoms with Gasteiger partial charge in [0.15, 0.2) is 0 Å². The van der Waals surface area contributed by atoms with Crippen LogP contribution in [0.5, 0.6) is 0 Å². The third kappa shape index (κ3) is 3.35. The highest BCUT2D eigenvalue weighted by Gasteiger charge is 2.32. The van der Waals surface area contributed by atoms with Gasteiger partial charge in [0.1, 0.15) is 10.1 Å². The summed E-state index contributed by atoms with van der Waals surface area (Å²) in [5.74, 6) is -0.730. The molecule has 2 aromatic carbocycles. The molecule has 0 aromatic heterocycles. The second-order valence-electron chi connectivity index (χ2n) is 5.57. The van der Waals surface area contributed by atoms with Gasteiger partial charge in [0, 0.05) is 24.0 Å². The van der Waals surface area contributed by atoms with Crippen molar-refractivity contribution < 1.29 is 9.59 Å². The van der Waals surface area contributed by atoms with Crippen LogP contribution in [-0.2, 0) is 22.4 Å². The van der Waals surface area contributed by atoms with Crippen LogP contribution in [0.1, 0.15) is 11.1 Å². The lowest BCUT2D eigenvalue weighted by molar-refractivity contribution is -0.115. The minimum Gasteiger partial charge on any atom is -0.288 e. The quantitative estimate of drug-likeness (QED) is 0.749. The lowest BCUT2D eigenvalue weighted by Crippen LogP contribution is -2.23. The van der Waals surface area contributed by atoms with E-state index in [1.165, 1.54) is 0 Å². The minimum atomic E-state index is -0.365. The van der Waals surface area contributed by atoms with E-state index in [0.29, 0.717) is 24.0 Å². The summed E-state index contributed by atoms with van der Waals surface area (Å²) in [4.78, 5) is 25.2. The number of Topliss-reactive ketones (excluding diaryl/α,β-unsaturated/α-hetero) is 2. The summed E-state index contributed by atoms with van der Waals surface area (Å²) in [6, 6.07) is 19.0. The molecule has 0 saturated carbocycles. The molecule has 3 rings (SSSR count). The summed E-state index contributed by atoms with van der Waals surface area (Å²) in [5.41, 5.74) is 2.73. The zero-order valence-electron chi connectivity index (χ0n) is 12.8. The second-order valence-corrected chi connectivity index (χ2v) is 6.32. The highest BCUT2D eigenvalue weighted by Crippen LogP contribution is 2.32. The van der Waals surface area contributed by atoms with Gasteiger partial charge in [-0.15, -0.1) is 0 Å². The van der Waals surface area contributed by atoms with E-state index in [2.05, 4.69) is 0 Å². The molecular weight excluding hydrogens is 343 g/mol. The highest BCUT2D eigenvalue weighted by atomic mass is 35.5. The third-order valence-electron chi connectivity index (χ3n) is 3.95. The smallest absolute Gasteiger partial charge is 0.202 e. The first-order valence-corrected chi connectivity index (χ1v) is 8.28. The molecule has 24 heavy (non-hydrogen) atoms. The van der Waals surface area contributed by atoms with Crippen LogP contribution in [0.15, 0.2) is 81.9 Å². The fraction of sp³-hybridized carbons (Fsp3) is 0.100. The maximum absolute atomic E-state index is 12.6. The zero-order valence-corrected chi connectivity index (χ0v) is 14.3. The van der Waals surface area contributed by atoms with E-state index in [4.69, 9.17) is 23.2 Å². The monoisotopic (exact) mass is 356 g/mol. The molecule has 1 aliphatic carbocycles. The average molecular weight is 357 g/mol. The SMILES string of the molecule is O=C1C(Cl)=C(Cl)C(=O)C(Cc2ccccc2)=C1Cc1ccccc1. The molecule has 0 heterocycles. The molecule has 0 bridgehead atoms.